The summed E-state index contributed by atoms with van der Waals surface area (Å²) in [7, 11) is 0. The zero-order valence-electron chi connectivity index (χ0n) is 21.3. The number of fused-ring (bicyclic) bond motifs is 5. The number of allylic oxidation sites excluding steroid dienone is 1. The maximum atomic E-state index is 12.7. The van der Waals surface area contributed by atoms with Crippen molar-refractivity contribution in [2.45, 2.75) is 130 Å². The summed E-state index contributed by atoms with van der Waals surface area (Å²) in [6.45, 7) is 6.92. The predicted octanol–water partition coefficient (Wildman–Crippen LogP) is 7.46. The highest BCUT2D eigenvalue weighted by Gasteiger charge is 2.60. The van der Waals surface area contributed by atoms with Gasteiger partial charge < -0.3 is 9.84 Å². The van der Waals surface area contributed by atoms with Gasteiger partial charge in [0.1, 0.15) is 6.10 Å². The van der Waals surface area contributed by atoms with E-state index in [4.69, 9.17) is 4.74 Å². The standard InChI is InChI=1S/C29H46O4/c1-4-5-6-7-8-9-10-11-26(31)33-25-15-14-21-20-12-13-23-27(32)24(30)17-19-28(23,2)22(20)16-18-29(21,25)3/h20-22,25,32H,4-19H2,1-3H3/t20-,21-,22-,25-,28+,29-/m0/s1. The van der Waals surface area contributed by atoms with Gasteiger partial charge in [0.2, 0.25) is 0 Å². The molecule has 3 fully saturated rings. The largest absolute Gasteiger partial charge is 0.504 e. The predicted molar refractivity (Wildman–Crippen MR) is 131 cm³/mol. The zero-order valence-corrected chi connectivity index (χ0v) is 21.3. The summed E-state index contributed by atoms with van der Waals surface area (Å²) < 4.78 is 6.14. The number of aliphatic hydroxyl groups excluding tert-OH is 1. The van der Waals surface area contributed by atoms with Crippen LogP contribution in [0.2, 0.25) is 0 Å². The number of hydrogen-bond acceptors (Lipinski definition) is 4. The molecule has 0 heterocycles. The molecule has 0 aromatic rings. The van der Waals surface area contributed by atoms with Crippen molar-refractivity contribution in [3.8, 4) is 0 Å². The van der Waals surface area contributed by atoms with Gasteiger partial charge >= 0.3 is 5.97 Å². The van der Waals surface area contributed by atoms with Crippen LogP contribution in [0.3, 0.4) is 0 Å². The molecule has 4 rings (SSSR count). The van der Waals surface area contributed by atoms with E-state index in [1.165, 1.54) is 32.1 Å². The summed E-state index contributed by atoms with van der Waals surface area (Å²) in [6.07, 6.45) is 16.8. The van der Waals surface area contributed by atoms with Gasteiger partial charge in [0.15, 0.2) is 11.5 Å². The van der Waals surface area contributed by atoms with E-state index in [1.807, 2.05) is 0 Å². The summed E-state index contributed by atoms with van der Waals surface area (Å²) >= 11 is 0. The van der Waals surface area contributed by atoms with E-state index < -0.39 is 0 Å². The molecule has 0 amide bonds. The van der Waals surface area contributed by atoms with Gasteiger partial charge in [-0.3, -0.25) is 9.59 Å². The second-order valence-corrected chi connectivity index (χ2v) is 12.1. The first-order valence-corrected chi connectivity index (χ1v) is 14.0. The molecule has 0 aromatic carbocycles. The van der Waals surface area contributed by atoms with Crippen LogP contribution in [0.15, 0.2) is 11.3 Å². The minimum atomic E-state index is -0.0598. The van der Waals surface area contributed by atoms with E-state index >= 15 is 0 Å². The number of unbranched alkanes of at least 4 members (excludes halogenated alkanes) is 6. The maximum absolute atomic E-state index is 12.7. The fourth-order valence-corrected chi connectivity index (χ4v) is 8.28. The topological polar surface area (TPSA) is 63.6 Å². The van der Waals surface area contributed by atoms with Crippen molar-refractivity contribution in [3.63, 3.8) is 0 Å². The number of rotatable bonds is 9. The molecule has 1 N–H and O–H groups in total. The quantitative estimate of drug-likeness (QED) is 0.288. The number of esters is 1. The molecule has 186 valence electrons. The number of ether oxygens (including phenoxy) is 1. The fraction of sp³-hybridized carbons (Fsp3) is 0.862. The first-order valence-electron chi connectivity index (χ1n) is 14.0. The van der Waals surface area contributed by atoms with E-state index in [0.717, 1.165) is 63.4 Å². The fourth-order valence-electron chi connectivity index (χ4n) is 8.28. The van der Waals surface area contributed by atoms with Crippen molar-refractivity contribution in [2.75, 3.05) is 0 Å². The molecule has 0 spiro atoms. The lowest BCUT2D eigenvalue weighted by Crippen LogP contribution is -2.52. The minimum Gasteiger partial charge on any atom is -0.504 e. The highest BCUT2D eigenvalue weighted by molar-refractivity contribution is 5.95. The van der Waals surface area contributed by atoms with Crippen LogP contribution in [-0.4, -0.2) is 23.0 Å². The summed E-state index contributed by atoms with van der Waals surface area (Å²) in [4.78, 5) is 24.8. The van der Waals surface area contributed by atoms with Crippen LogP contribution in [0.25, 0.3) is 0 Å². The molecule has 4 aliphatic rings. The Labute approximate surface area is 200 Å². The average molecular weight is 459 g/mol. The number of hydrogen-bond donors (Lipinski definition) is 1. The summed E-state index contributed by atoms with van der Waals surface area (Å²) in [5.74, 6) is 1.77. The SMILES string of the molecule is CCCCCCCCCC(=O)O[C@H]1CC[C@H]2[C@@H]3CCC4=C(O)C(=O)CC[C@]4(C)[C@H]3CC[C@]12C. The second kappa shape index (κ2) is 10.1. The van der Waals surface area contributed by atoms with E-state index in [-0.39, 0.29) is 34.4 Å². The minimum absolute atomic E-state index is 0.00842. The average Bonchev–Trinajstić information content (AvgIpc) is 3.12. The van der Waals surface area contributed by atoms with Crippen LogP contribution in [0.4, 0.5) is 0 Å². The van der Waals surface area contributed by atoms with Gasteiger partial charge in [-0.1, -0.05) is 59.3 Å². The lowest BCUT2D eigenvalue weighted by molar-refractivity contribution is -0.160. The monoisotopic (exact) mass is 458 g/mol. The van der Waals surface area contributed by atoms with Crippen molar-refractivity contribution >= 4 is 11.8 Å². The second-order valence-electron chi connectivity index (χ2n) is 12.1. The van der Waals surface area contributed by atoms with Gasteiger partial charge in [0.05, 0.1) is 0 Å². The third-order valence-corrected chi connectivity index (χ3v) is 10.3. The van der Waals surface area contributed by atoms with Crippen LogP contribution in [0, 0.1) is 28.6 Å². The molecule has 0 saturated heterocycles. The molecular formula is C29H46O4. The Bertz CT molecular complexity index is 770. The van der Waals surface area contributed by atoms with Crippen molar-refractivity contribution in [1.82, 2.24) is 0 Å². The molecule has 33 heavy (non-hydrogen) atoms. The van der Waals surface area contributed by atoms with Gasteiger partial charge in [-0.15, -0.1) is 0 Å². The third-order valence-electron chi connectivity index (χ3n) is 10.3. The van der Waals surface area contributed by atoms with Crippen molar-refractivity contribution in [1.29, 1.82) is 0 Å². The zero-order chi connectivity index (χ0) is 23.6. The number of aliphatic hydroxyl groups is 1. The Morgan fingerprint density at radius 1 is 0.939 bits per heavy atom. The molecule has 0 unspecified atom stereocenters. The molecule has 6 atom stereocenters. The van der Waals surface area contributed by atoms with Gasteiger partial charge in [-0.05, 0) is 80.1 Å². The van der Waals surface area contributed by atoms with Crippen molar-refractivity contribution in [2.24, 2.45) is 28.6 Å². The van der Waals surface area contributed by atoms with E-state index in [0.29, 0.717) is 30.6 Å². The number of Topliss-reactive ketones (excluding diaryl/α,β-unsaturated/α-hetero) is 1. The Balaban J connectivity index is 1.33. The molecule has 0 bridgehead atoms. The molecule has 4 nitrogen and oxygen atoms in total. The Morgan fingerprint density at radius 2 is 1.67 bits per heavy atom. The first kappa shape index (κ1) is 24.8. The maximum Gasteiger partial charge on any atom is 0.306 e. The highest BCUT2D eigenvalue weighted by atomic mass is 16.5. The Hall–Kier alpha value is -1.32. The van der Waals surface area contributed by atoms with Crippen LogP contribution >= 0.6 is 0 Å². The molecule has 0 radical (unpaired) electrons. The smallest absolute Gasteiger partial charge is 0.306 e. The van der Waals surface area contributed by atoms with E-state index in [1.54, 1.807) is 0 Å². The van der Waals surface area contributed by atoms with Crippen LogP contribution in [0.5, 0.6) is 0 Å². The number of carbonyl (C=O) groups is 2. The van der Waals surface area contributed by atoms with Crippen LogP contribution < -0.4 is 0 Å². The first-order chi connectivity index (χ1) is 15.8. The van der Waals surface area contributed by atoms with Gasteiger partial charge in [-0.2, -0.15) is 0 Å². The molecule has 0 aliphatic heterocycles. The van der Waals surface area contributed by atoms with Crippen molar-refractivity contribution < 1.29 is 19.4 Å². The molecule has 4 aliphatic carbocycles. The van der Waals surface area contributed by atoms with E-state index in [2.05, 4.69) is 20.8 Å². The molecule has 4 heteroatoms. The number of carbonyl (C=O) groups excluding carboxylic acids is 2. The number of ketones is 1. The van der Waals surface area contributed by atoms with Crippen LogP contribution in [0.1, 0.15) is 124 Å². The van der Waals surface area contributed by atoms with Crippen molar-refractivity contribution in [3.05, 3.63) is 11.3 Å². The lowest BCUT2D eigenvalue weighted by atomic mass is 9.47. The lowest BCUT2D eigenvalue weighted by Gasteiger charge is -2.57. The Kier molecular flexibility index (Phi) is 7.60. The molecular weight excluding hydrogens is 412 g/mol. The summed E-state index contributed by atoms with van der Waals surface area (Å²) in [5.41, 5.74) is 1.09. The third kappa shape index (κ3) is 4.65. The molecule has 3 saturated carbocycles. The van der Waals surface area contributed by atoms with Gasteiger partial charge in [0.25, 0.3) is 0 Å². The van der Waals surface area contributed by atoms with Gasteiger partial charge in [-0.25, -0.2) is 0 Å². The van der Waals surface area contributed by atoms with Crippen LogP contribution in [-0.2, 0) is 14.3 Å². The van der Waals surface area contributed by atoms with Gasteiger partial charge in [0, 0.05) is 18.3 Å². The highest BCUT2D eigenvalue weighted by Crippen LogP contribution is 2.66. The Morgan fingerprint density at radius 3 is 2.42 bits per heavy atom. The normalized spacial score (nSPS) is 38.0. The molecule has 0 aromatic heterocycles. The summed E-state index contributed by atoms with van der Waals surface area (Å²) in [6, 6.07) is 0. The van der Waals surface area contributed by atoms with E-state index in [9.17, 15) is 14.7 Å². The summed E-state index contributed by atoms with van der Waals surface area (Å²) in [5, 5.41) is 10.5.